The minimum absolute atomic E-state index is 1.08. The number of fused-ring (bicyclic) bond motifs is 22. The molecule has 26 aliphatic rings. The lowest BCUT2D eigenvalue weighted by Gasteiger charge is -3.39. The molecule has 26 saturated carbocycles. The molecule has 26 fully saturated rings. The summed E-state index contributed by atoms with van der Waals surface area (Å²) in [7, 11) is 0. The molecular formula is C42H34. The van der Waals surface area contributed by atoms with Gasteiger partial charge in [0, 0.05) is 0 Å². The summed E-state index contributed by atoms with van der Waals surface area (Å²) >= 11 is 0. The number of hydrogen-bond donors (Lipinski definition) is 0. The highest BCUT2D eigenvalue weighted by Crippen LogP contribution is 3.40. The molecule has 0 aromatic rings. The van der Waals surface area contributed by atoms with E-state index < -0.39 is 0 Å². The van der Waals surface area contributed by atoms with Crippen LogP contribution in [0.25, 0.3) is 0 Å². The fourth-order valence-corrected chi connectivity index (χ4v) is 38.5. The Morgan fingerprint density at radius 3 is 0.619 bits per heavy atom. The summed E-state index contributed by atoms with van der Waals surface area (Å²) in [6.07, 6.45) is 7.02. The standard InChI is InChI=1S/C42H34/c1-5-2-8-12-16-20-24-29-30-26-22-18-14-10-4-6-3-9-13-17-21-25-28-27-23-19-15-11-7(1)31(5,8)33(11,12)35(15,16)37(19,20)39(23,24)41(27,29)42(28,30)40(25,26)38(21,22)36(17,18)34(13,14)32(6,9)10/h5-30H,1-4H2/t5?,6?,7?,8?,9?,10?,11?,12?,13?,14?,15-,16?,17?,18?,19?,20?,21+,22?,23?,24?,25?,26?,27-,28?,29?,30?,31?,32?,33?,34?,35?,36?,37?,38?,39?,40?,41?,42?/m1/s1. The van der Waals surface area contributed by atoms with Crippen molar-refractivity contribution in [3.8, 4) is 0 Å². The van der Waals surface area contributed by atoms with Crippen molar-refractivity contribution < 1.29 is 0 Å². The fourth-order valence-electron chi connectivity index (χ4n) is 38.5. The van der Waals surface area contributed by atoms with E-state index in [-0.39, 0.29) is 0 Å². The zero-order chi connectivity index (χ0) is 23.8. The van der Waals surface area contributed by atoms with Crippen molar-refractivity contribution in [2.75, 3.05) is 0 Å². The minimum atomic E-state index is 1.08. The Hall–Kier alpha value is 0. The highest BCUT2D eigenvalue weighted by Gasteiger charge is 3.38. The van der Waals surface area contributed by atoms with E-state index in [1.54, 1.807) is 25.7 Å². The molecular weight excluding hydrogens is 504 g/mol. The van der Waals surface area contributed by atoms with Crippen LogP contribution in [0.3, 0.4) is 0 Å². The topological polar surface area (TPSA) is 0 Å². The zero-order valence-corrected chi connectivity index (χ0v) is 23.8. The lowest BCUT2D eigenvalue weighted by Crippen LogP contribution is -3.37. The maximum atomic E-state index is 1.76. The van der Waals surface area contributed by atoms with E-state index in [0.29, 0.717) is 0 Å². The molecule has 12 spiro atoms. The predicted octanol–water partition coefficient (Wildman–Crippen LogP) is 4.76. The van der Waals surface area contributed by atoms with Gasteiger partial charge < -0.3 is 0 Å². The van der Waals surface area contributed by atoms with Gasteiger partial charge in [0.05, 0.1) is 0 Å². The zero-order valence-electron chi connectivity index (χ0n) is 23.8. The summed E-state index contributed by atoms with van der Waals surface area (Å²) in [6, 6.07) is 0. The van der Waals surface area contributed by atoms with Crippen molar-refractivity contribution in [2.24, 2.45) is 219 Å². The smallest absolute Gasteiger partial charge is 0.00932 e. The van der Waals surface area contributed by atoms with E-state index >= 15 is 0 Å². The number of hydrogen-bond acceptors (Lipinski definition) is 0. The van der Waals surface area contributed by atoms with Gasteiger partial charge in [-0.25, -0.2) is 0 Å². The van der Waals surface area contributed by atoms with Gasteiger partial charge in [0.1, 0.15) is 0 Å². The Morgan fingerprint density at radius 2 is 0.405 bits per heavy atom. The van der Waals surface area contributed by atoms with Crippen molar-refractivity contribution in [3.63, 3.8) is 0 Å². The van der Waals surface area contributed by atoms with E-state index in [4.69, 9.17) is 0 Å². The summed E-state index contributed by atoms with van der Waals surface area (Å²) in [4.78, 5) is 0. The summed E-state index contributed by atoms with van der Waals surface area (Å²) in [5.74, 6) is 35.5. The largest absolute Gasteiger partial charge is 0.0461 e. The SMILES string of the molecule is C1C2CC3C4C5[C@H]6C7C8[C@H]9C%10C%11[C@H]%12C%13C%14CC%15CC%16C%17C%18C%19C%20C%21C%22C%23C%24C%25C%26C1C23C%264C%255C%246C%237C%228C%219C%20%10C%19%11C%18%12C%17%13C%15%16%14. The molecule has 0 aromatic heterocycles. The Kier molecular flexibility index (Phi) is 1.04. The summed E-state index contributed by atoms with van der Waals surface area (Å²) < 4.78 is 0. The molecule has 0 aromatic carbocycles. The Balaban J connectivity index is 0.752. The van der Waals surface area contributed by atoms with Crippen LogP contribution in [0, 0.1) is 219 Å². The Bertz CT molecular complexity index is 1960. The second-order valence-corrected chi connectivity index (χ2v) is 25.8. The van der Waals surface area contributed by atoms with Gasteiger partial charge in [-0.05, 0) is 245 Å². The van der Waals surface area contributed by atoms with Gasteiger partial charge in [0.25, 0.3) is 0 Å². The van der Waals surface area contributed by atoms with Crippen LogP contribution in [-0.4, -0.2) is 0 Å². The molecule has 0 heterocycles. The fraction of sp³-hybridized carbons (Fsp3) is 1.00. The average molecular weight is 539 g/mol. The van der Waals surface area contributed by atoms with Crippen LogP contribution in [0.5, 0.6) is 0 Å². The molecule has 0 heteroatoms. The van der Waals surface area contributed by atoms with Gasteiger partial charge in [-0.15, -0.1) is 0 Å². The first-order chi connectivity index (χ1) is 20.9. The maximum Gasteiger partial charge on any atom is -0.00932 e. The van der Waals surface area contributed by atoms with Crippen LogP contribution in [0.4, 0.5) is 0 Å². The van der Waals surface area contributed by atoms with Crippen LogP contribution >= 0.6 is 0 Å². The minimum Gasteiger partial charge on any atom is -0.0461 e. The molecule has 26 rings (SSSR count). The third-order valence-corrected chi connectivity index (χ3v) is 32.8. The van der Waals surface area contributed by atoms with Crippen molar-refractivity contribution >= 4 is 0 Å². The lowest BCUT2D eigenvalue weighted by molar-refractivity contribution is -0.935. The van der Waals surface area contributed by atoms with E-state index in [1.165, 1.54) is 154 Å². The quantitative estimate of drug-likeness (QED) is 0.417. The molecule has 202 valence electrons. The van der Waals surface area contributed by atoms with Gasteiger partial charge in [-0.3, -0.25) is 0 Å². The highest BCUT2D eigenvalue weighted by molar-refractivity contribution is 5.84. The van der Waals surface area contributed by atoms with E-state index in [9.17, 15) is 0 Å². The van der Waals surface area contributed by atoms with Gasteiger partial charge in [0.2, 0.25) is 0 Å². The third-order valence-electron chi connectivity index (χ3n) is 32.8. The normalized spacial score (nSPS) is 124. The highest BCUT2D eigenvalue weighted by atomic mass is 15.4. The predicted molar refractivity (Wildman–Crippen MR) is 138 cm³/mol. The molecule has 0 radical (unpaired) electrons. The monoisotopic (exact) mass is 538 g/mol. The second-order valence-electron chi connectivity index (χ2n) is 25.8. The van der Waals surface area contributed by atoms with Crippen LogP contribution in [-0.2, 0) is 0 Å². The Morgan fingerprint density at radius 1 is 0.214 bits per heavy atom. The van der Waals surface area contributed by atoms with Gasteiger partial charge in [0.15, 0.2) is 0 Å². The van der Waals surface area contributed by atoms with E-state index in [2.05, 4.69) is 0 Å². The molecule has 38 atom stereocenters. The molecule has 0 nitrogen and oxygen atoms in total. The average Bonchev–Trinajstić information content (AvgIpc) is 2.85. The van der Waals surface area contributed by atoms with Gasteiger partial charge >= 0.3 is 0 Å². The summed E-state index contributed by atoms with van der Waals surface area (Å²) in [5.41, 5.74) is 13.1. The molecule has 35 unspecified atom stereocenters. The Labute approximate surface area is 244 Å². The molecule has 26 aliphatic carbocycles. The van der Waals surface area contributed by atoms with Gasteiger partial charge in [-0.1, -0.05) is 0 Å². The van der Waals surface area contributed by atoms with Crippen molar-refractivity contribution in [2.45, 2.75) is 25.7 Å². The van der Waals surface area contributed by atoms with Crippen molar-refractivity contribution in [1.29, 1.82) is 0 Å². The van der Waals surface area contributed by atoms with Crippen LogP contribution < -0.4 is 0 Å². The maximum absolute atomic E-state index is 1.76. The summed E-state index contributed by atoms with van der Waals surface area (Å²) in [6.45, 7) is 0. The molecule has 0 saturated heterocycles. The van der Waals surface area contributed by atoms with Crippen molar-refractivity contribution in [3.05, 3.63) is 0 Å². The van der Waals surface area contributed by atoms with E-state index in [0.717, 1.165) is 65.0 Å². The first kappa shape index (κ1) is 15.7. The lowest BCUT2D eigenvalue weighted by atomic mass is 8.64. The molecule has 0 N–H and O–H groups in total. The first-order valence-electron chi connectivity index (χ1n) is 20.9. The van der Waals surface area contributed by atoms with E-state index in [1.807, 2.05) is 0 Å². The first-order valence-corrected chi connectivity index (χ1v) is 20.9. The molecule has 0 bridgehead atoms. The number of rotatable bonds is 0. The third kappa shape index (κ3) is 0.472. The second kappa shape index (κ2) is 2.77. The molecule has 0 aliphatic heterocycles. The molecule has 0 amide bonds. The molecule has 42 heavy (non-hydrogen) atoms. The summed E-state index contributed by atoms with van der Waals surface area (Å²) in [5, 5.41) is 0. The van der Waals surface area contributed by atoms with Gasteiger partial charge in [-0.2, -0.15) is 0 Å². The van der Waals surface area contributed by atoms with Crippen LogP contribution in [0.2, 0.25) is 0 Å². The van der Waals surface area contributed by atoms with Crippen LogP contribution in [0.1, 0.15) is 25.7 Å². The van der Waals surface area contributed by atoms with Crippen LogP contribution in [0.15, 0.2) is 0 Å². The van der Waals surface area contributed by atoms with Crippen molar-refractivity contribution in [1.82, 2.24) is 0 Å².